The molecule has 0 spiro atoms. The summed E-state index contributed by atoms with van der Waals surface area (Å²) in [5, 5.41) is 10.6. The number of carboxylic acid groups (broad SMARTS) is 1. The third kappa shape index (κ3) is 2.92. The Hall–Kier alpha value is -1.08. The van der Waals surface area contributed by atoms with E-state index in [2.05, 4.69) is 0 Å². The van der Waals surface area contributed by atoms with E-state index >= 15 is 0 Å². The predicted octanol–water partition coefficient (Wildman–Crippen LogP) is 3.07. The van der Waals surface area contributed by atoms with Gasteiger partial charge in [0.25, 0.3) is 0 Å². The number of nitrogens with zero attached hydrogens (tertiary/aromatic N) is 1. The number of fused-ring (bicyclic) bond motifs is 1. The van der Waals surface area contributed by atoms with Gasteiger partial charge in [0.2, 0.25) is 0 Å². The van der Waals surface area contributed by atoms with Crippen LogP contribution in [0.15, 0.2) is 11.4 Å². The van der Waals surface area contributed by atoms with Gasteiger partial charge in [-0.25, -0.2) is 0 Å². The fourth-order valence-electron chi connectivity index (χ4n) is 2.54. The third-order valence-corrected chi connectivity index (χ3v) is 4.47. The van der Waals surface area contributed by atoms with Gasteiger partial charge in [0.1, 0.15) is 6.04 Å². The minimum Gasteiger partial charge on any atom is -0.481 e. The largest absolute Gasteiger partial charge is 0.481 e. The van der Waals surface area contributed by atoms with E-state index in [1.165, 1.54) is 4.90 Å². The second kappa shape index (κ2) is 5.13. The molecule has 0 saturated carbocycles. The van der Waals surface area contributed by atoms with Crippen molar-refractivity contribution in [1.82, 2.24) is 4.90 Å². The van der Waals surface area contributed by atoms with Crippen molar-refractivity contribution in [2.45, 2.75) is 38.0 Å². The zero-order valence-electron chi connectivity index (χ0n) is 10.3. The monoisotopic (exact) mass is 293 g/mol. The van der Waals surface area contributed by atoms with Gasteiger partial charge < -0.3 is 5.11 Å². The van der Waals surface area contributed by atoms with Crippen molar-refractivity contribution in [3.8, 4) is 0 Å². The lowest BCUT2D eigenvalue weighted by atomic mass is 9.98. The van der Waals surface area contributed by atoms with Crippen LogP contribution in [0, 0.1) is 0 Å². The maximum absolute atomic E-state index is 13.0. The number of carboxylic acids is 1. The lowest BCUT2D eigenvalue weighted by molar-refractivity contribution is -0.196. The molecule has 19 heavy (non-hydrogen) atoms. The smallest absolute Gasteiger partial charge is 0.404 e. The molecule has 0 aromatic carbocycles. The lowest BCUT2D eigenvalue weighted by Gasteiger charge is -2.39. The first kappa shape index (κ1) is 14.3. The first-order valence-corrected chi connectivity index (χ1v) is 6.79. The topological polar surface area (TPSA) is 40.5 Å². The summed E-state index contributed by atoms with van der Waals surface area (Å²) in [5.74, 6) is -1.43. The highest BCUT2D eigenvalue weighted by Gasteiger charge is 2.47. The fraction of sp³-hybridized carbons (Fsp3) is 0.583. The second-order valence-corrected chi connectivity index (χ2v) is 5.62. The van der Waals surface area contributed by atoms with Crippen LogP contribution in [0.2, 0.25) is 0 Å². The minimum atomic E-state index is -4.53. The second-order valence-electron chi connectivity index (χ2n) is 4.62. The van der Waals surface area contributed by atoms with Crippen LogP contribution in [0.25, 0.3) is 0 Å². The van der Waals surface area contributed by atoms with Crippen LogP contribution < -0.4 is 0 Å². The Morgan fingerprint density at radius 1 is 1.63 bits per heavy atom. The highest BCUT2D eigenvalue weighted by Crippen LogP contribution is 2.38. The zero-order chi connectivity index (χ0) is 14.2. The molecule has 0 fully saturated rings. The molecule has 0 amide bonds. The van der Waals surface area contributed by atoms with E-state index in [4.69, 9.17) is 5.11 Å². The quantitative estimate of drug-likeness (QED) is 0.931. The van der Waals surface area contributed by atoms with Crippen molar-refractivity contribution in [1.29, 1.82) is 0 Å². The number of alkyl halides is 3. The van der Waals surface area contributed by atoms with Crippen LogP contribution in [-0.4, -0.2) is 34.7 Å². The van der Waals surface area contributed by atoms with E-state index in [9.17, 15) is 18.0 Å². The average Bonchev–Trinajstić information content (AvgIpc) is 2.74. The molecule has 2 rings (SSSR count). The molecule has 1 aromatic rings. The number of hydrogen-bond acceptors (Lipinski definition) is 3. The molecule has 0 aliphatic carbocycles. The maximum atomic E-state index is 13.0. The summed E-state index contributed by atoms with van der Waals surface area (Å²) in [5.41, 5.74) is 0.885. The number of thiophene rings is 1. The van der Waals surface area contributed by atoms with Crippen molar-refractivity contribution in [2.75, 3.05) is 6.54 Å². The minimum absolute atomic E-state index is 0.242. The van der Waals surface area contributed by atoms with Crippen LogP contribution in [0.1, 0.15) is 29.8 Å². The summed E-state index contributed by atoms with van der Waals surface area (Å²) in [7, 11) is 0. The van der Waals surface area contributed by atoms with Gasteiger partial charge in [-0.3, -0.25) is 9.69 Å². The van der Waals surface area contributed by atoms with Crippen molar-refractivity contribution < 1.29 is 23.1 Å². The Morgan fingerprint density at radius 3 is 2.89 bits per heavy atom. The summed E-state index contributed by atoms with van der Waals surface area (Å²) in [4.78, 5) is 13.0. The Bertz CT molecular complexity index is 472. The van der Waals surface area contributed by atoms with Crippen molar-refractivity contribution >= 4 is 17.3 Å². The van der Waals surface area contributed by atoms with Crippen molar-refractivity contribution in [3.05, 3.63) is 21.9 Å². The Labute approximate surface area is 112 Å². The number of hydrogen-bond donors (Lipinski definition) is 1. The summed E-state index contributed by atoms with van der Waals surface area (Å²) >= 11 is 1.54. The summed E-state index contributed by atoms with van der Waals surface area (Å²) < 4.78 is 39.1. The molecule has 1 aromatic heterocycles. The first-order chi connectivity index (χ1) is 8.80. The molecule has 2 heterocycles. The van der Waals surface area contributed by atoms with Gasteiger partial charge in [0.05, 0.1) is 6.42 Å². The Kier molecular flexibility index (Phi) is 3.87. The summed E-state index contributed by atoms with van der Waals surface area (Å²) in [6.45, 7) is 1.94. The van der Waals surface area contributed by atoms with E-state index in [1.54, 1.807) is 18.3 Å². The van der Waals surface area contributed by atoms with E-state index in [0.717, 1.165) is 10.4 Å². The van der Waals surface area contributed by atoms with Gasteiger partial charge in [-0.1, -0.05) is 0 Å². The van der Waals surface area contributed by atoms with Gasteiger partial charge >= 0.3 is 12.1 Å². The molecule has 0 bridgehead atoms. The molecule has 2 atom stereocenters. The average molecular weight is 293 g/mol. The van der Waals surface area contributed by atoms with Crippen LogP contribution in [0.3, 0.4) is 0 Å². The van der Waals surface area contributed by atoms with Crippen LogP contribution >= 0.6 is 11.3 Å². The normalized spacial score (nSPS) is 22.0. The molecule has 2 unspecified atom stereocenters. The lowest BCUT2D eigenvalue weighted by Crippen LogP contribution is -2.50. The van der Waals surface area contributed by atoms with Gasteiger partial charge in [-0.2, -0.15) is 13.2 Å². The van der Waals surface area contributed by atoms with E-state index in [-0.39, 0.29) is 6.54 Å². The molecule has 0 saturated heterocycles. The first-order valence-electron chi connectivity index (χ1n) is 5.91. The molecule has 3 nitrogen and oxygen atoms in total. The maximum Gasteiger partial charge on any atom is 0.404 e. The predicted molar refractivity (Wildman–Crippen MR) is 65.2 cm³/mol. The Morgan fingerprint density at radius 2 is 2.32 bits per heavy atom. The molecule has 0 radical (unpaired) electrons. The number of aliphatic carboxylic acids is 1. The molecule has 1 aliphatic rings. The van der Waals surface area contributed by atoms with Gasteiger partial charge in [0, 0.05) is 17.5 Å². The number of rotatable bonds is 3. The van der Waals surface area contributed by atoms with Gasteiger partial charge in [-0.05, 0) is 30.4 Å². The fourth-order valence-corrected chi connectivity index (χ4v) is 3.50. The zero-order valence-corrected chi connectivity index (χ0v) is 11.1. The standard InChI is InChI=1S/C12H14F3NO2S/c1-7-8-3-5-19-9(8)2-4-16(7)10(6-11(17)18)12(13,14)15/h3,5,7,10H,2,4,6H2,1H3,(H,17,18). The number of carbonyl (C=O) groups is 1. The van der Waals surface area contributed by atoms with Crippen LogP contribution in [0.5, 0.6) is 0 Å². The Balaban J connectivity index is 2.26. The molecule has 1 aliphatic heterocycles. The summed E-state index contributed by atoms with van der Waals surface area (Å²) in [6.07, 6.45) is -4.89. The molecule has 1 N–H and O–H groups in total. The van der Waals surface area contributed by atoms with E-state index < -0.39 is 30.7 Å². The highest BCUT2D eigenvalue weighted by atomic mass is 32.1. The molecular formula is C12H14F3NO2S. The summed E-state index contributed by atoms with van der Waals surface area (Å²) in [6, 6.07) is -0.501. The molecular weight excluding hydrogens is 279 g/mol. The van der Waals surface area contributed by atoms with E-state index in [0.29, 0.717) is 6.42 Å². The van der Waals surface area contributed by atoms with Crippen LogP contribution in [-0.2, 0) is 11.2 Å². The molecule has 7 heteroatoms. The van der Waals surface area contributed by atoms with E-state index in [1.807, 2.05) is 11.4 Å². The van der Waals surface area contributed by atoms with Crippen molar-refractivity contribution in [3.63, 3.8) is 0 Å². The SMILES string of the molecule is CC1c2ccsc2CCN1C(CC(=O)O)C(F)(F)F. The van der Waals surface area contributed by atoms with Crippen LogP contribution in [0.4, 0.5) is 13.2 Å². The van der Waals surface area contributed by atoms with Gasteiger partial charge in [0.15, 0.2) is 0 Å². The highest BCUT2D eigenvalue weighted by molar-refractivity contribution is 7.10. The van der Waals surface area contributed by atoms with Gasteiger partial charge in [-0.15, -0.1) is 11.3 Å². The third-order valence-electron chi connectivity index (χ3n) is 3.47. The number of halogens is 3. The van der Waals surface area contributed by atoms with Crippen molar-refractivity contribution in [2.24, 2.45) is 0 Å². The molecule has 106 valence electrons.